The summed E-state index contributed by atoms with van der Waals surface area (Å²) < 4.78 is 10.6. The Morgan fingerprint density at radius 2 is 2.11 bits per heavy atom. The van der Waals surface area contributed by atoms with E-state index in [0.29, 0.717) is 24.0 Å². The van der Waals surface area contributed by atoms with Gasteiger partial charge >= 0.3 is 11.8 Å². The number of carbonyl (C=O) groups is 2. The first-order valence-electron chi connectivity index (χ1n) is 9.40. The van der Waals surface area contributed by atoms with Crippen LogP contribution in [0.4, 0.5) is 5.69 Å². The first-order chi connectivity index (χ1) is 13.5. The standard InChI is InChI=1S/C19H25N5O4/c1-3-24-10-4-5-15(24)11-20-18(26)19-22-17(23-28-19)12-27-16-8-6-14(7-9-16)21-13(2)25/h6-9,15H,3-5,10-12H2,1-2H3,(H,20,26)(H,21,25)/t15-/m1/s1. The van der Waals surface area contributed by atoms with E-state index in [4.69, 9.17) is 9.26 Å². The highest BCUT2D eigenvalue weighted by molar-refractivity contribution is 5.89. The third-order valence-electron chi connectivity index (χ3n) is 4.61. The zero-order valence-electron chi connectivity index (χ0n) is 16.1. The van der Waals surface area contributed by atoms with E-state index in [9.17, 15) is 9.59 Å². The molecule has 9 nitrogen and oxygen atoms in total. The molecule has 0 saturated carbocycles. The molecule has 9 heteroatoms. The highest BCUT2D eigenvalue weighted by atomic mass is 16.5. The maximum Gasteiger partial charge on any atom is 0.316 e. The summed E-state index contributed by atoms with van der Waals surface area (Å²) in [5.41, 5.74) is 0.683. The zero-order chi connectivity index (χ0) is 19.9. The fourth-order valence-corrected chi connectivity index (χ4v) is 3.22. The van der Waals surface area contributed by atoms with E-state index in [2.05, 4.69) is 32.6 Å². The van der Waals surface area contributed by atoms with Crippen molar-refractivity contribution in [3.63, 3.8) is 0 Å². The Labute approximate surface area is 163 Å². The van der Waals surface area contributed by atoms with E-state index in [0.717, 1.165) is 25.9 Å². The first kappa shape index (κ1) is 19.8. The molecule has 1 atom stereocenters. The number of likely N-dealkylation sites (N-methyl/N-ethyl adjacent to an activating group) is 1. The molecule has 0 unspecified atom stereocenters. The van der Waals surface area contributed by atoms with Crippen LogP contribution in [-0.2, 0) is 11.4 Å². The number of aromatic nitrogens is 2. The summed E-state index contributed by atoms with van der Waals surface area (Å²) in [6.45, 7) is 6.27. The van der Waals surface area contributed by atoms with Gasteiger partial charge in [0.15, 0.2) is 6.61 Å². The van der Waals surface area contributed by atoms with Gasteiger partial charge in [-0.15, -0.1) is 0 Å². The van der Waals surface area contributed by atoms with E-state index in [-0.39, 0.29) is 30.1 Å². The van der Waals surface area contributed by atoms with Crippen molar-refractivity contribution in [1.82, 2.24) is 20.4 Å². The molecule has 150 valence electrons. The summed E-state index contributed by atoms with van der Waals surface area (Å²) in [6, 6.07) is 7.27. The van der Waals surface area contributed by atoms with Gasteiger partial charge in [0.1, 0.15) is 5.75 Å². The molecular formula is C19H25N5O4. The van der Waals surface area contributed by atoms with Crippen LogP contribution in [0.1, 0.15) is 43.2 Å². The first-order valence-corrected chi connectivity index (χ1v) is 9.40. The van der Waals surface area contributed by atoms with Crippen molar-refractivity contribution in [1.29, 1.82) is 0 Å². The van der Waals surface area contributed by atoms with Gasteiger partial charge < -0.3 is 19.9 Å². The molecule has 1 saturated heterocycles. The molecule has 0 bridgehead atoms. The molecule has 2 heterocycles. The van der Waals surface area contributed by atoms with Crippen LogP contribution >= 0.6 is 0 Å². The van der Waals surface area contributed by atoms with Crippen LogP contribution in [0.25, 0.3) is 0 Å². The molecule has 0 spiro atoms. The monoisotopic (exact) mass is 387 g/mol. The lowest BCUT2D eigenvalue weighted by molar-refractivity contribution is -0.114. The number of likely N-dealkylation sites (tertiary alicyclic amines) is 1. The van der Waals surface area contributed by atoms with Gasteiger partial charge in [-0.2, -0.15) is 4.98 Å². The van der Waals surface area contributed by atoms with E-state index in [1.807, 2.05) is 0 Å². The summed E-state index contributed by atoms with van der Waals surface area (Å²) in [5, 5.41) is 9.32. The number of nitrogens with one attached hydrogen (secondary N) is 2. The molecule has 0 aliphatic carbocycles. The van der Waals surface area contributed by atoms with E-state index < -0.39 is 0 Å². The van der Waals surface area contributed by atoms with Gasteiger partial charge in [-0.05, 0) is 50.2 Å². The topological polar surface area (TPSA) is 110 Å². The Kier molecular flexibility index (Phi) is 6.59. The number of carbonyl (C=O) groups excluding carboxylic acids is 2. The van der Waals surface area contributed by atoms with Gasteiger partial charge in [-0.25, -0.2) is 0 Å². The molecule has 1 fully saturated rings. The van der Waals surface area contributed by atoms with Crippen molar-refractivity contribution in [2.24, 2.45) is 0 Å². The maximum absolute atomic E-state index is 12.2. The number of amides is 2. The molecule has 1 aliphatic rings. The maximum atomic E-state index is 12.2. The molecule has 1 aromatic carbocycles. The van der Waals surface area contributed by atoms with Crippen LogP contribution in [-0.4, -0.2) is 52.5 Å². The van der Waals surface area contributed by atoms with Gasteiger partial charge in [0, 0.05) is 25.2 Å². The third kappa shape index (κ3) is 5.29. The second-order valence-corrected chi connectivity index (χ2v) is 6.64. The zero-order valence-corrected chi connectivity index (χ0v) is 16.1. The minimum Gasteiger partial charge on any atom is -0.485 e. The summed E-state index contributed by atoms with van der Waals surface area (Å²) in [6.07, 6.45) is 2.24. The van der Waals surface area contributed by atoms with Crippen LogP contribution < -0.4 is 15.4 Å². The minimum atomic E-state index is -0.374. The minimum absolute atomic E-state index is 0.0688. The number of hydrogen-bond acceptors (Lipinski definition) is 7. The van der Waals surface area contributed by atoms with Crippen LogP contribution in [0, 0.1) is 0 Å². The normalized spacial score (nSPS) is 16.7. The lowest BCUT2D eigenvalue weighted by Gasteiger charge is -2.22. The summed E-state index contributed by atoms with van der Waals surface area (Å²) in [7, 11) is 0. The Bertz CT molecular complexity index is 805. The summed E-state index contributed by atoms with van der Waals surface area (Å²) >= 11 is 0. The molecule has 3 rings (SSSR count). The molecule has 28 heavy (non-hydrogen) atoms. The van der Waals surface area contributed by atoms with Crippen molar-refractivity contribution < 1.29 is 18.8 Å². The molecule has 2 amide bonds. The Morgan fingerprint density at radius 1 is 1.32 bits per heavy atom. The van der Waals surface area contributed by atoms with Gasteiger partial charge in [-0.1, -0.05) is 12.1 Å². The second kappa shape index (κ2) is 9.32. The molecule has 2 aromatic rings. The van der Waals surface area contributed by atoms with Crippen LogP contribution in [0.5, 0.6) is 5.75 Å². The fourth-order valence-electron chi connectivity index (χ4n) is 3.22. The van der Waals surface area contributed by atoms with Crippen molar-refractivity contribution in [2.45, 2.75) is 39.3 Å². The van der Waals surface area contributed by atoms with Crippen LogP contribution in [0.3, 0.4) is 0 Å². The average molecular weight is 387 g/mol. The highest BCUT2D eigenvalue weighted by Crippen LogP contribution is 2.17. The predicted molar refractivity (Wildman–Crippen MR) is 102 cm³/mol. The van der Waals surface area contributed by atoms with Gasteiger partial charge in [-0.3, -0.25) is 14.5 Å². The number of benzene rings is 1. The van der Waals surface area contributed by atoms with Crippen molar-refractivity contribution in [3.8, 4) is 5.75 Å². The Morgan fingerprint density at radius 3 is 2.82 bits per heavy atom. The van der Waals surface area contributed by atoms with E-state index in [1.165, 1.54) is 6.92 Å². The molecule has 2 N–H and O–H groups in total. The lowest BCUT2D eigenvalue weighted by Crippen LogP contribution is -2.40. The number of rotatable bonds is 8. The average Bonchev–Trinajstić information content (AvgIpc) is 3.34. The van der Waals surface area contributed by atoms with Gasteiger partial charge in [0.05, 0.1) is 0 Å². The van der Waals surface area contributed by atoms with Crippen molar-refractivity contribution >= 4 is 17.5 Å². The van der Waals surface area contributed by atoms with Crippen molar-refractivity contribution in [3.05, 3.63) is 36.0 Å². The lowest BCUT2D eigenvalue weighted by atomic mass is 10.2. The third-order valence-corrected chi connectivity index (χ3v) is 4.61. The Balaban J connectivity index is 1.47. The van der Waals surface area contributed by atoms with Gasteiger partial charge in [0.25, 0.3) is 0 Å². The summed E-state index contributed by atoms with van der Waals surface area (Å²) in [5.74, 6) is 0.293. The number of anilines is 1. The SMILES string of the molecule is CCN1CCC[C@@H]1CNC(=O)c1nc(COc2ccc(NC(C)=O)cc2)no1. The number of nitrogens with zero attached hydrogens (tertiary/aromatic N) is 3. The van der Waals surface area contributed by atoms with E-state index >= 15 is 0 Å². The second-order valence-electron chi connectivity index (χ2n) is 6.64. The number of hydrogen-bond donors (Lipinski definition) is 2. The van der Waals surface area contributed by atoms with Gasteiger partial charge in [0.2, 0.25) is 11.7 Å². The molecular weight excluding hydrogens is 362 g/mol. The van der Waals surface area contributed by atoms with Crippen LogP contribution in [0.2, 0.25) is 0 Å². The number of ether oxygens (including phenoxy) is 1. The molecule has 1 aromatic heterocycles. The van der Waals surface area contributed by atoms with E-state index in [1.54, 1.807) is 24.3 Å². The smallest absolute Gasteiger partial charge is 0.316 e. The largest absolute Gasteiger partial charge is 0.485 e. The quantitative estimate of drug-likeness (QED) is 0.711. The predicted octanol–water partition coefficient (Wildman–Crippen LogP) is 1.82. The molecule has 0 radical (unpaired) electrons. The summed E-state index contributed by atoms with van der Waals surface area (Å²) in [4.78, 5) is 29.7. The molecule has 1 aliphatic heterocycles. The van der Waals surface area contributed by atoms with Crippen molar-refractivity contribution in [2.75, 3.05) is 25.0 Å². The highest BCUT2D eigenvalue weighted by Gasteiger charge is 2.24. The fraction of sp³-hybridized carbons (Fsp3) is 0.474. The van der Waals surface area contributed by atoms with Crippen LogP contribution in [0.15, 0.2) is 28.8 Å². The Hall–Kier alpha value is -2.94.